The number of carboxylic acid groups (broad SMARTS) is 1. The van der Waals surface area contributed by atoms with Gasteiger partial charge in [0.05, 0.1) is 31.5 Å². The number of aromatic nitrogens is 2. The first-order chi connectivity index (χ1) is 33.0. The number of aliphatic carboxylic acids is 1. The van der Waals surface area contributed by atoms with Gasteiger partial charge in [0, 0.05) is 27.3 Å². The monoisotopic (exact) mass is 1130 g/mol. The van der Waals surface area contributed by atoms with Crippen molar-refractivity contribution in [1.82, 2.24) is 10.1 Å². The first-order valence-electron chi connectivity index (χ1n) is 21.7. The maximum absolute atomic E-state index is 12.9. The lowest BCUT2D eigenvalue weighted by Gasteiger charge is -2.36. The second-order valence-electron chi connectivity index (χ2n) is 19.7. The number of sulfone groups is 3. The number of hydrogen-bond acceptors (Lipinski definition) is 13. The molecule has 0 spiro atoms. The molecule has 400 valence electrons. The zero-order valence-corrected chi connectivity index (χ0v) is 44.9. The van der Waals surface area contributed by atoms with E-state index in [2.05, 4.69) is 20.8 Å². The molecule has 2 aromatic heterocycles. The molecule has 0 saturated heterocycles. The number of carbonyl (C=O) groups excluding carboxylic acids is 2. The molecule has 3 N–H and O–H groups in total. The molecule has 0 aliphatic heterocycles. The van der Waals surface area contributed by atoms with Crippen molar-refractivity contribution in [3.8, 4) is 0 Å². The molecule has 73 heavy (non-hydrogen) atoms. The Morgan fingerprint density at radius 1 is 0.658 bits per heavy atom. The Balaban J connectivity index is 0.000000245. The van der Waals surface area contributed by atoms with Crippen LogP contribution in [0.1, 0.15) is 111 Å². The number of nitrogens with zero attached hydrogens (tertiary/aromatic N) is 2. The number of carbonyl (C=O) groups is 3. The first kappa shape index (κ1) is 60.2. The summed E-state index contributed by atoms with van der Waals surface area (Å²) in [5.74, 6) is -2.60. The van der Waals surface area contributed by atoms with Crippen molar-refractivity contribution in [2.75, 3.05) is 10.6 Å². The van der Waals surface area contributed by atoms with Gasteiger partial charge in [-0.2, -0.15) is 26.3 Å². The van der Waals surface area contributed by atoms with E-state index in [9.17, 15) is 66.0 Å². The molecule has 6 rings (SSSR count). The quantitative estimate of drug-likeness (QED) is 0.104. The zero-order valence-electron chi connectivity index (χ0n) is 40.9. The number of amides is 2. The molecule has 26 heteroatoms. The normalized spacial score (nSPS) is 14.6. The number of nitrogens with one attached hydrogen (secondary N) is 2. The van der Waals surface area contributed by atoms with Gasteiger partial charge in [0.15, 0.2) is 45.2 Å². The number of thiazole rings is 1. The highest BCUT2D eigenvalue weighted by Crippen LogP contribution is 2.43. The summed E-state index contributed by atoms with van der Waals surface area (Å²) in [6.45, 7) is 15.9. The van der Waals surface area contributed by atoms with Crippen molar-refractivity contribution < 1.29 is 75.6 Å². The van der Waals surface area contributed by atoms with Crippen molar-refractivity contribution >= 4 is 81.2 Å². The number of rotatable bonds is 11. The third-order valence-electron chi connectivity index (χ3n) is 11.6. The molecule has 1 fully saturated rings. The number of anilines is 2. The summed E-state index contributed by atoms with van der Waals surface area (Å²) in [5.41, 5.74) is -2.11. The fraction of sp³-hybridized carbons (Fsp3) is 0.426. The minimum Gasteiger partial charge on any atom is -0.480 e. The summed E-state index contributed by atoms with van der Waals surface area (Å²) < 4.78 is 153. The van der Waals surface area contributed by atoms with E-state index in [1.54, 1.807) is 5.38 Å². The van der Waals surface area contributed by atoms with Crippen LogP contribution < -0.4 is 10.6 Å². The summed E-state index contributed by atoms with van der Waals surface area (Å²) in [6, 6.07) is 13.7. The number of alkyl halides is 6. The Hall–Kier alpha value is -5.37. The Morgan fingerprint density at radius 2 is 1.11 bits per heavy atom. The zero-order chi connectivity index (χ0) is 55.8. The first-order valence-corrected chi connectivity index (χ1v) is 27.4. The molecule has 0 unspecified atom stereocenters. The topological polar surface area (TPSA) is 237 Å². The minimum atomic E-state index is -4.71. The number of hydrogen-bond donors (Lipinski definition) is 3. The largest absolute Gasteiger partial charge is 0.480 e. The highest BCUT2D eigenvalue weighted by molar-refractivity contribution is 7.94. The lowest BCUT2D eigenvalue weighted by molar-refractivity contribution is -0.142. The summed E-state index contributed by atoms with van der Waals surface area (Å²) in [6.07, 6.45) is -8.43. The van der Waals surface area contributed by atoms with Crippen LogP contribution in [0, 0.1) is 0 Å². The average molecular weight is 1130 g/mol. The van der Waals surface area contributed by atoms with Crippen LogP contribution in [0.3, 0.4) is 0 Å². The fourth-order valence-electron chi connectivity index (χ4n) is 6.32. The van der Waals surface area contributed by atoms with Crippen molar-refractivity contribution in [2.24, 2.45) is 0 Å². The Morgan fingerprint density at radius 3 is 1.47 bits per heavy atom. The lowest BCUT2D eigenvalue weighted by Crippen LogP contribution is -2.51. The lowest BCUT2D eigenvalue weighted by atomic mass is 9.84. The van der Waals surface area contributed by atoms with E-state index in [-0.39, 0.29) is 39.5 Å². The van der Waals surface area contributed by atoms with Crippen LogP contribution in [0.5, 0.6) is 0 Å². The number of benzene rings is 3. The van der Waals surface area contributed by atoms with Crippen molar-refractivity contribution in [3.63, 3.8) is 0 Å². The summed E-state index contributed by atoms with van der Waals surface area (Å²) in [4.78, 5) is 39.6. The van der Waals surface area contributed by atoms with Gasteiger partial charge in [-0.25, -0.2) is 30.2 Å². The molecular formula is C47H53ClF6N4O11S4. The standard InChI is InChI=1S/C18H21F3N2O4S.C18H21F3N2O3S2.C11H11ClO4S/c1-16(2,3)13-10-14(23-27-13)22-15(24)17(4,5)28(25,26)12-8-6-7-11(9-12)18(19,20)21;1-16(2,3)13-10-27-15(22-13)23-14(24)17(4,5)28(25,26)12-8-6-7-11(9-12)18(19,20)21;12-8-2-4-9(5-3-8)17(15,16)11(10(13)14)6-1-7-11/h2*6-10H,1-5H3,(H,22,23,24);2-5H,1,6-7H2,(H,13,14). The van der Waals surface area contributed by atoms with Crippen LogP contribution in [-0.4, -0.2) is 72.5 Å². The van der Waals surface area contributed by atoms with E-state index in [0.717, 1.165) is 81.1 Å². The molecule has 2 heterocycles. The molecule has 15 nitrogen and oxygen atoms in total. The predicted octanol–water partition coefficient (Wildman–Crippen LogP) is 11.0. The van der Waals surface area contributed by atoms with Gasteiger partial charge in [-0.1, -0.05) is 70.4 Å². The molecule has 0 bridgehead atoms. The number of halogens is 7. The molecule has 1 aliphatic carbocycles. The van der Waals surface area contributed by atoms with Gasteiger partial charge in [0.2, 0.25) is 11.8 Å². The molecule has 5 aromatic rings. The highest BCUT2D eigenvalue weighted by Gasteiger charge is 2.56. The van der Waals surface area contributed by atoms with Crippen molar-refractivity contribution in [1.29, 1.82) is 0 Å². The van der Waals surface area contributed by atoms with Crippen LogP contribution in [0.25, 0.3) is 0 Å². The molecule has 0 atom stereocenters. The van der Waals surface area contributed by atoms with Crippen LogP contribution in [0.2, 0.25) is 5.02 Å². The smallest absolute Gasteiger partial charge is 0.416 e. The van der Waals surface area contributed by atoms with E-state index in [1.807, 2.05) is 41.5 Å². The Kier molecular flexibility index (Phi) is 17.4. The predicted molar refractivity (Wildman–Crippen MR) is 262 cm³/mol. The van der Waals surface area contributed by atoms with Gasteiger partial charge >= 0.3 is 18.3 Å². The fourth-order valence-corrected chi connectivity index (χ4v) is 12.2. The third kappa shape index (κ3) is 13.1. The maximum Gasteiger partial charge on any atom is 0.416 e. The molecule has 3 aromatic carbocycles. The second kappa shape index (κ2) is 21.1. The van der Waals surface area contributed by atoms with E-state index in [4.69, 9.17) is 21.2 Å². The highest BCUT2D eigenvalue weighted by atomic mass is 35.5. The minimum absolute atomic E-state index is 0.0160. The molecule has 1 saturated carbocycles. The van der Waals surface area contributed by atoms with E-state index >= 15 is 0 Å². The Labute approximate surface area is 427 Å². The Bertz CT molecular complexity index is 3030. The number of carboxylic acids is 1. The molecule has 2 amide bonds. The van der Waals surface area contributed by atoms with Gasteiger partial charge in [-0.15, -0.1) is 11.3 Å². The summed E-state index contributed by atoms with van der Waals surface area (Å²) in [5, 5.41) is 20.0. The SMILES string of the molecule is CC(C)(C)c1cc(NC(=O)C(C)(C)S(=O)(=O)c2cccc(C(F)(F)F)c2)no1.CC(C)(C)c1csc(NC(=O)C(C)(C)S(=O)(=O)c2cccc(C(F)(F)F)c2)n1.O=C(O)C1(S(=O)(=O)c2ccc(Cl)cc2)CCC1. The van der Waals surface area contributed by atoms with E-state index < -0.39 is 94.8 Å². The van der Waals surface area contributed by atoms with Crippen LogP contribution in [0.15, 0.2) is 103 Å². The average Bonchev–Trinajstić information content (AvgIpc) is 3.94. The maximum atomic E-state index is 12.9. The van der Waals surface area contributed by atoms with Crippen LogP contribution in [-0.2, 0) is 67.1 Å². The van der Waals surface area contributed by atoms with E-state index in [1.165, 1.54) is 30.3 Å². The van der Waals surface area contributed by atoms with Gasteiger partial charge in [0.25, 0.3) is 0 Å². The molecular weight excluding hydrogens is 1070 g/mol. The van der Waals surface area contributed by atoms with Gasteiger partial charge < -0.3 is 20.3 Å². The second-order valence-corrected chi connectivity index (χ2v) is 28.3. The van der Waals surface area contributed by atoms with Crippen LogP contribution >= 0.6 is 22.9 Å². The van der Waals surface area contributed by atoms with E-state index in [0.29, 0.717) is 29.3 Å². The molecule has 0 radical (unpaired) electrons. The van der Waals surface area contributed by atoms with Crippen molar-refractivity contribution in [3.05, 3.63) is 112 Å². The third-order valence-corrected chi connectivity index (χ3v) is 19.9. The van der Waals surface area contributed by atoms with Gasteiger partial charge in [-0.3, -0.25) is 14.4 Å². The van der Waals surface area contributed by atoms with Crippen molar-refractivity contribution in [2.45, 2.75) is 141 Å². The van der Waals surface area contributed by atoms with Gasteiger partial charge in [-0.05, 0) is 108 Å². The summed E-state index contributed by atoms with van der Waals surface area (Å²) >= 11 is 6.82. The summed E-state index contributed by atoms with van der Waals surface area (Å²) in [7, 11) is -12.7. The molecule has 1 aliphatic rings. The van der Waals surface area contributed by atoms with Crippen LogP contribution in [0.4, 0.5) is 37.3 Å². The van der Waals surface area contributed by atoms with Gasteiger partial charge in [0.1, 0.15) is 15.3 Å².